The second kappa shape index (κ2) is 11.2. The maximum absolute atomic E-state index is 11.1. The van der Waals surface area contributed by atoms with Crippen LogP contribution in [0.4, 0.5) is 0 Å². The lowest BCUT2D eigenvalue weighted by Crippen LogP contribution is -2.23. The number of aromatic hydroxyl groups is 2. The number of phenols is 2. The molecule has 0 aromatic heterocycles. The summed E-state index contributed by atoms with van der Waals surface area (Å²) in [4.78, 5) is 22.2. The molecular weight excluding hydrogens is 384 g/mol. The van der Waals surface area contributed by atoms with E-state index in [9.17, 15) is 19.8 Å². The van der Waals surface area contributed by atoms with Gasteiger partial charge in [0.1, 0.15) is 11.5 Å². The normalized spacial score (nSPS) is 12.1. The van der Waals surface area contributed by atoms with Gasteiger partial charge in [0.25, 0.3) is 0 Å². The van der Waals surface area contributed by atoms with E-state index in [2.05, 4.69) is 0 Å². The first kappa shape index (κ1) is 25.8. The van der Waals surface area contributed by atoms with Crippen LogP contribution < -0.4 is 0 Å². The van der Waals surface area contributed by atoms with Gasteiger partial charge in [0.05, 0.1) is 10.8 Å². The summed E-state index contributed by atoms with van der Waals surface area (Å²) in [5, 5.41) is 38.8. The number of hydrogen-bond donors (Lipinski definition) is 4. The zero-order valence-electron chi connectivity index (χ0n) is 18.8. The van der Waals surface area contributed by atoms with E-state index in [1.54, 1.807) is 39.8 Å². The molecule has 0 saturated heterocycles. The highest BCUT2D eigenvalue weighted by atomic mass is 16.4. The van der Waals surface area contributed by atoms with Crippen LogP contribution in [0.15, 0.2) is 12.1 Å². The predicted octanol–water partition coefficient (Wildman–Crippen LogP) is 5.53. The lowest BCUT2D eigenvalue weighted by atomic mass is 9.86. The Morgan fingerprint density at radius 3 is 1.40 bits per heavy atom. The van der Waals surface area contributed by atoms with Crippen LogP contribution in [0.1, 0.15) is 90.2 Å². The summed E-state index contributed by atoms with van der Waals surface area (Å²) in [7, 11) is 0. The first-order valence-electron chi connectivity index (χ1n) is 10.9. The van der Waals surface area contributed by atoms with Gasteiger partial charge in [0, 0.05) is 0 Å². The molecule has 6 heteroatoms. The van der Waals surface area contributed by atoms with Crippen molar-refractivity contribution >= 4 is 11.9 Å². The van der Waals surface area contributed by atoms with Crippen molar-refractivity contribution in [2.24, 2.45) is 10.8 Å². The molecule has 170 valence electrons. The maximum Gasteiger partial charge on any atom is 0.309 e. The molecule has 0 amide bonds. The zero-order chi connectivity index (χ0) is 22.9. The van der Waals surface area contributed by atoms with Gasteiger partial charge in [-0.05, 0) is 89.5 Å². The van der Waals surface area contributed by atoms with E-state index in [1.807, 2.05) is 0 Å². The molecule has 1 aromatic carbocycles. The Kier molecular flexibility index (Phi) is 9.66. The molecular formula is C24H38O6. The molecule has 0 heterocycles. The third kappa shape index (κ3) is 8.25. The Labute approximate surface area is 180 Å². The number of hydrogen-bond acceptors (Lipinski definition) is 4. The summed E-state index contributed by atoms with van der Waals surface area (Å²) in [6.07, 6.45) is 7.55. The highest BCUT2D eigenvalue weighted by molar-refractivity contribution is 5.73. The second-order valence-corrected chi connectivity index (χ2v) is 9.61. The van der Waals surface area contributed by atoms with E-state index >= 15 is 0 Å². The SMILES string of the molecule is CC(C)(CCCCCCc1cc(O)c(CCCCC(C)(C)C(=O)O)cc1O)C(=O)O. The Hall–Kier alpha value is -2.24. The number of carbonyl (C=O) groups is 2. The Bertz CT molecular complexity index is 721. The van der Waals surface area contributed by atoms with E-state index in [4.69, 9.17) is 10.2 Å². The van der Waals surface area contributed by atoms with Crippen LogP contribution in [0.25, 0.3) is 0 Å². The van der Waals surface area contributed by atoms with E-state index in [0.717, 1.165) is 38.5 Å². The van der Waals surface area contributed by atoms with Gasteiger partial charge < -0.3 is 20.4 Å². The third-order valence-electron chi connectivity index (χ3n) is 5.93. The second-order valence-electron chi connectivity index (χ2n) is 9.61. The average molecular weight is 423 g/mol. The molecule has 0 aliphatic carbocycles. The standard InChI is InChI=1S/C24H38O6/c1-23(2,21(27)28)13-9-6-5-7-11-17-15-20(26)18(16-19(17)25)12-8-10-14-24(3,4)22(29)30/h15-16,25-26H,5-14H2,1-4H3,(H,27,28)(H,29,30). The first-order valence-corrected chi connectivity index (χ1v) is 10.9. The lowest BCUT2D eigenvalue weighted by Gasteiger charge is -2.18. The minimum Gasteiger partial charge on any atom is -0.508 e. The van der Waals surface area contributed by atoms with Crippen molar-refractivity contribution in [2.75, 3.05) is 0 Å². The Balaban J connectivity index is 2.42. The van der Waals surface area contributed by atoms with E-state index in [1.165, 1.54) is 0 Å². The highest BCUT2D eigenvalue weighted by Crippen LogP contribution is 2.31. The molecule has 0 spiro atoms. The summed E-state index contributed by atoms with van der Waals surface area (Å²) < 4.78 is 0. The molecule has 0 bridgehead atoms. The van der Waals surface area contributed by atoms with Gasteiger partial charge in [0.2, 0.25) is 0 Å². The van der Waals surface area contributed by atoms with Gasteiger partial charge >= 0.3 is 11.9 Å². The topological polar surface area (TPSA) is 115 Å². The Morgan fingerprint density at radius 2 is 1.00 bits per heavy atom. The van der Waals surface area contributed by atoms with Gasteiger partial charge in [-0.25, -0.2) is 0 Å². The van der Waals surface area contributed by atoms with Crippen LogP contribution in [0.2, 0.25) is 0 Å². The van der Waals surface area contributed by atoms with Crippen LogP contribution >= 0.6 is 0 Å². The number of rotatable bonds is 14. The molecule has 1 aromatic rings. The minimum absolute atomic E-state index is 0.170. The summed E-state index contributed by atoms with van der Waals surface area (Å²) in [5.41, 5.74) is -0.0462. The number of benzene rings is 1. The van der Waals surface area contributed by atoms with Gasteiger partial charge in [-0.15, -0.1) is 0 Å². The summed E-state index contributed by atoms with van der Waals surface area (Å²) in [6, 6.07) is 3.24. The molecule has 0 aliphatic heterocycles. The van der Waals surface area contributed by atoms with Crippen molar-refractivity contribution in [3.63, 3.8) is 0 Å². The third-order valence-corrected chi connectivity index (χ3v) is 5.93. The molecule has 0 aliphatic rings. The number of aliphatic carboxylic acids is 2. The highest BCUT2D eigenvalue weighted by Gasteiger charge is 2.26. The Morgan fingerprint density at radius 1 is 0.667 bits per heavy atom. The lowest BCUT2D eigenvalue weighted by molar-refractivity contribution is -0.148. The van der Waals surface area contributed by atoms with Crippen LogP contribution in [-0.2, 0) is 22.4 Å². The summed E-state index contributed by atoms with van der Waals surface area (Å²) >= 11 is 0. The quantitative estimate of drug-likeness (QED) is 0.232. The van der Waals surface area contributed by atoms with Crippen LogP contribution in [0.5, 0.6) is 11.5 Å². The fourth-order valence-corrected chi connectivity index (χ4v) is 3.40. The molecule has 0 saturated carbocycles. The molecule has 6 nitrogen and oxygen atoms in total. The first-order chi connectivity index (χ1) is 13.9. The van der Waals surface area contributed by atoms with Crippen LogP contribution in [0.3, 0.4) is 0 Å². The van der Waals surface area contributed by atoms with Crippen LogP contribution in [-0.4, -0.2) is 32.4 Å². The fraction of sp³-hybridized carbons (Fsp3) is 0.667. The fourth-order valence-electron chi connectivity index (χ4n) is 3.40. The van der Waals surface area contributed by atoms with Crippen molar-refractivity contribution in [2.45, 2.75) is 91.9 Å². The van der Waals surface area contributed by atoms with Crippen molar-refractivity contribution in [1.29, 1.82) is 0 Å². The molecule has 0 unspecified atom stereocenters. The van der Waals surface area contributed by atoms with Crippen molar-refractivity contribution < 1.29 is 30.0 Å². The molecule has 30 heavy (non-hydrogen) atoms. The summed E-state index contributed by atoms with van der Waals surface area (Å²) in [5.74, 6) is -1.23. The molecule has 0 fully saturated rings. The molecule has 4 N–H and O–H groups in total. The van der Waals surface area contributed by atoms with Crippen LogP contribution in [0, 0.1) is 10.8 Å². The molecule has 0 atom stereocenters. The zero-order valence-corrected chi connectivity index (χ0v) is 18.8. The smallest absolute Gasteiger partial charge is 0.309 e. The maximum atomic E-state index is 11.1. The van der Waals surface area contributed by atoms with Gasteiger partial charge in [-0.2, -0.15) is 0 Å². The monoisotopic (exact) mass is 422 g/mol. The van der Waals surface area contributed by atoms with E-state index in [-0.39, 0.29) is 11.5 Å². The number of carboxylic acids is 2. The minimum atomic E-state index is -0.807. The number of aryl methyl sites for hydroxylation is 2. The molecule has 0 radical (unpaired) electrons. The largest absolute Gasteiger partial charge is 0.508 e. The van der Waals surface area contributed by atoms with Crippen molar-refractivity contribution in [3.8, 4) is 11.5 Å². The number of carboxylic acid groups (broad SMARTS) is 2. The van der Waals surface area contributed by atoms with Crippen molar-refractivity contribution in [3.05, 3.63) is 23.3 Å². The molecule has 1 rings (SSSR count). The average Bonchev–Trinajstić information content (AvgIpc) is 2.64. The van der Waals surface area contributed by atoms with E-state index < -0.39 is 22.8 Å². The van der Waals surface area contributed by atoms with Crippen molar-refractivity contribution in [1.82, 2.24) is 0 Å². The van der Waals surface area contributed by atoms with Gasteiger partial charge in [-0.1, -0.05) is 25.7 Å². The van der Waals surface area contributed by atoms with E-state index in [0.29, 0.717) is 36.8 Å². The summed E-state index contributed by atoms with van der Waals surface area (Å²) in [6.45, 7) is 6.90. The number of phenolic OH excluding ortho intramolecular Hbond substituents is 2. The van der Waals surface area contributed by atoms with Gasteiger partial charge in [-0.3, -0.25) is 9.59 Å². The predicted molar refractivity (Wildman–Crippen MR) is 117 cm³/mol. The van der Waals surface area contributed by atoms with Gasteiger partial charge in [0.15, 0.2) is 0 Å². The number of unbranched alkanes of at least 4 members (excludes halogenated alkanes) is 4.